The molecule has 1 aliphatic heterocycles. The summed E-state index contributed by atoms with van der Waals surface area (Å²) in [6.07, 6.45) is 4.01. The fourth-order valence-electron chi connectivity index (χ4n) is 2.71. The molecule has 0 radical (unpaired) electrons. The number of likely N-dealkylation sites (N-methyl/N-ethyl adjacent to an activating group) is 1. The molecule has 1 saturated carbocycles. The SMILES string of the molecule is CCN(C(=O)CN1CCCC1C(=O)OC)C1CC1. The molecular formula is C13H22N2O3. The number of likely N-dealkylation sites (tertiary alicyclic amines) is 1. The van der Waals surface area contributed by atoms with Crippen LogP contribution in [0, 0.1) is 0 Å². The van der Waals surface area contributed by atoms with E-state index in [4.69, 9.17) is 4.74 Å². The van der Waals surface area contributed by atoms with Crippen LogP contribution >= 0.6 is 0 Å². The second-order valence-corrected chi connectivity index (χ2v) is 5.06. The van der Waals surface area contributed by atoms with E-state index < -0.39 is 0 Å². The summed E-state index contributed by atoms with van der Waals surface area (Å²) < 4.78 is 4.79. The molecule has 1 heterocycles. The molecule has 0 bridgehead atoms. The minimum Gasteiger partial charge on any atom is -0.468 e. The molecule has 1 unspecified atom stereocenters. The largest absolute Gasteiger partial charge is 0.468 e. The molecule has 1 amide bonds. The molecule has 18 heavy (non-hydrogen) atoms. The second-order valence-electron chi connectivity index (χ2n) is 5.06. The predicted octanol–water partition coefficient (Wildman–Crippen LogP) is 0.635. The van der Waals surface area contributed by atoms with Crippen LogP contribution in [0.5, 0.6) is 0 Å². The van der Waals surface area contributed by atoms with Gasteiger partial charge in [0.05, 0.1) is 13.7 Å². The smallest absolute Gasteiger partial charge is 0.323 e. The summed E-state index contributed by atoms with van der Waals surface area (Å²) in [4.78, 5) is 27.7. The molecule has 1 aliphatic carbocycles. The first-order valence-electron chi connectivity index (χ1n) is 6.78. The van der Waals surface area contributed by atoms with E-state index in [1.54, 1.807) is 0 Å². The van der Waals surface area contributed by atoms with Crippen LogP contribution in [-0.4, -0.2) is 60.5 Å². The summed E-state index contributed by atoms with van der Waals surface area (Å²) in [6, 6.07) is 0.221. The molecule has 0 spiro atoms. The van der Waals surface area contributed by atoms with Crippen molar-refractivity contribution in [2.24, 2.45) is 0 Å². The van der Waals surface area contributed by atoms with Gasteiger partial charge < -0.3 is 9.64 Å². The summed E-state index contributed by atoms with van der Waals surface area (Å²) in [5.41, 5.74) is 0. The summed E-state index contributed by atoms with van der Waals surface area (Å²) >= 11 is 0. The lowest BCUT2D eigenvalue weighted by molar-refractivity contribution is -0.146. The van der Waals surface area contributed by atoms with E-state index in [0.717, 1.165) is 38.8 Å². The second kappa shape index (κ2) is 5.69. The van der Waals surface area contributed by atoms with Crippen molar-refractivity contribution in [2.45, 2.75) is 44.7 Å². The van der Waals surface area contributed by atoms with Crippen molar-refractivity contribution in [2.75, 3.05) is 26.7 Å². The minimum absolute atomic E-state index is 0.149. The topological polar surface area (TPSA) is 49.9 Å². The number of hydrogen-bond acceptors (Lipinski definition) is 4. The van der Waals surface area contributed by atoms with Crippen LogP contribution in [0.1, 0.15) is 32.6 Å². The number of ether oxygens (including phenoxy) is 1. The van der Waals surface area contributed by atoms with Crippen LogP contribution in [0.3, 0.4) is 0 Å². The van der Waals surface area contributed by atoms with Gasteiger partial charge in [-0.05, 0) is 39.2 Å². The summed E-state index contributed by atoms with van der Waals surface area (Å²) in [7, 11) is 1.41. The number of esters is 1. The first-order valence-corrected chi connectivity index (χ1v) is 6.78. The number of carbonyl (C=O) groups is 2. The number of amides is 1. The zero-order valence-corrected chi connectivity index (χ0v) is 11.2. The minimum atomic E-state index is -0.225. The lowest BCUT2D eigenvalue weighted by Crippen LogP contribution is -2.45. The molecule has 0 aromatic carbocycles. The molecule has 0 aromatic rings. The Balaban J connectivity index is 1.91. The normalized spacial score (nSPS) is 24.0. The average molecular weight is 254 g/mol. The lowest BCUT2D eigenvalue weighted by atomic mass is 10.2. The number of carbonyl (C=O) groups excluding carboxylic acids is 2. The molecule has 2 rings (SSSR count). The molecule has 1 atom stereocenters. The highest BCUT2D eigenvalue weighted by Crippen LogP contribution is 2.27. The first-order chi connectivity index (χ1) is 8.67. The van der Waals surface area contributed by atoms with E-state index in [1.807, 2.05) is 16.7 Å². The van der Waals surface area contributed by atoms with Gasteiger partial charge in [0.25, 0.3) is 0 Å². The Morgan fingerprint density at radius 2 is 2.06 bits per heavy atom. The fourth-order valence-corrected chi connectivity index (χ4v) is 2.71. The van der Waals surface area contributed by atoms with Crippen molar-refractivity contribution in [3.8, 4) is 0 Å². The van der Waals surface area contributed by atoms with E-state index >= 15 is 0 Å². The highest BCUT2D eigenvalue weighted by molar-refractivity contribution is 5.81. The van der Waals surface area contributed by atoms with Crippen LogP contribution < -0.4 is 0 Å². The lowest BCUT2D eigenvalue weighted by Gasteiger charge is -2.26. The third kappa shape index (κ3) is 2.83. The Bertz CT molecular complexity index is 328. The maximum atomic E-state index is 12.2. The number of methoxy groups -OCH3 is 1. The van der Waals surface area contributed by atoms with Crippen molar-refractivity contribution in [1.82, 2.24) is 9.80 Å². The van der Waals surface area contributed by atoms with Crippen molar-refractivity contribution in [3.63, 3.8) is 0 Å². The van der Waals surface area contributed by atoms with Gasteiger partial charge in [0.1, 0.15) is 6.04 Å². The standard InChI is InChI=1S/C13H22N2O3/c1-3-15(10-6-7-10)12(16)9-14-8-4-5-11(14)13(17)18-2/h10-11H,3-9H2,1-2H3. The average Bonchev–Trinajstić information content (AvgIpc) is 3.09. The third-order valence-corrected chi connectivity index (χ3v) is 3.82. The molecule has 0 aromatic heterocycles. The zero-order chi connectivity index (χ0) is 13.1. The number of hydrogen-bond donors (Lipinski definition) is 0. The van der Waals surface area contributed by atoms with Crippen molar-refractivity contribution < 1.29 is 14.3 Å². The predicted molar refractivity (Wildman–Crippen MR) is 67.0 cm³/mol. The van der Waals surface area contributed by atoms with Crippen LogP contribution in [-0.2, 0) is 14.3 Å². The summed E-state index contributed by atoms with van der Waals surface area (Å²) in [6.45, 7) is 3.94. The van der Waals surface area contributed by atoms with E-state index in [2.05, 4.69) is 0 Å². The molecule has 5 nitrogen and oxygen atoms in total. The molecule has 2 fully saturated rings. The molecule has 2 aliphatic rings. The zero-order valence-electron chi connectivity index (χ0n) is 11.2. The van der Waals surface area contributed by atoms with Gasteiger partial charge >= 0.3 is 5.97 Å². The van der Waals surface area contributed by atoms with Crippen LogP contribution in [0.25, 0.3) is 0 Å². The Morgan fingerprint density at radius 1 is 1.33 bits per heavy atom. The van der Waals surface area contributed by atoms with Crippen LogP contribution in [0.2, 0.25) is 0 Å². The van der Waals surface area contributed by atoms with Gasteiger partial charge in [-0.15, -0.1) is 0 Å². The fraction of sp³-hybridized carbons (Fsp3) is 0.846. The van der Waals surface area contributed by atoms with Gasteiger partial charge in [-0.1, -0.05) is 0 Å². The third-order valence-electron chi connectivity index (χ3n) is 3.82. The molecule has 0 N–H and O–H groups in total. The van der Waals surface area contributed by atoms with Gasteiger partial charge in [0.15, 0.2) is 0 Å². The Morgan fingerprint density at radius 3 is 2.61 bits per heavy atom. The van der Waals surface area contributed by atoms with E-state index in [9.17, 15) is 9.59 Å². The van der Waals surface area contributed by atoms with E-state index in [-0.39, 0.29) is 17.9 Å². The number of nitrogens with zero attached hydrogens (tertiary/aromatic N) is 2. The molecule has 1 saturated heterocycles. The summed E-state index contributed by atoms with van der Waals surface area (Å²) in [5, 5.41) is 0. The van der Waals surface area contributed by atoms with Crippen molar-refractivity contribution >= 4 is 11.9 Å². The van der Waals surface area contributed by atoms with Gasteiger partial charge in [-0.25, -0.2) is 0 Å². The first kappa shape index (κ1) is 13.3. The van der Waals surface area contributed by atoms with Gasteiger partial charge in [-0.2, -0.15) is 0 Å². The van der Waals surface area contributed by atoms with Gasteiger partial charge in [-0.3, -0.25) is 14.5 Å². The van der Waals surface area contributed by atoms with Crippen molar-refractivity contribution in [3.05, 3.63) is 0 Å². The van der Waals surface area contributed by atoms with Crippen molar-refractivity contribution in [1.29, 1.82) is 0 Å². The maximum Gasteiger partial charge on any atom is 0.323 e. The maximum absolute atomic E-state index is 12.2. The van der Waals surface area contributed by atoms with Crippen LogP contribution in [0.4, 0.5) is 0 Å². The monoisotopic (exact) mass is 254 g/mol. The van der Waals surface area contributed by atoms with Gasteiger partial charge in [0.2, 0.25) is 5.91 Å². The van der Waals surface area contributed by atoms with E-state index in [0.29, 0.717) is 12.6 Å². The number of rotatable bonds is 5. The molecule has 102 valence electrons. The molecular weight excluding hydrogens is 232 g/mol. The van der Waals surface area contributed by atoms with E-state index in [1.165, 1.54) is 7.11 Å². The highest BCUT2D eigenvalue weighted by Gasteiger charge is 2.36. The van der Waals surface area contributed by atoms with Crippen LogP contribution in [0.15, 0.2) is 0 Å². The quantitative estimate of drug-likeness (QED) is 0.675. The Labute approximate surface area is 108 Å². The van der Waals surface area contributed by atoms with Gasteiger partial charge in [0, 0.05) is 12.6 Å². The summed E-state index contributed by atoms with van der Waals surface area (Å²) in [5.74, 6) is -0.0643. The Hall–Kier alpha value is -1.10. The molecule has 5 heteroatoms. The Kier molecular flexibility index (Phi) is 4.22. The highest BCUT2D eigenvalue weighted by atomic mass is 16.5.